The van der Waals surface area contributed by atoms with E-state index in [9.17, 15) is 4.39 Å². The molecule has 5 atom stereocenters. The van der Waals surface area contributed by atoms with Crippen molar-refractivity contribution in [3.8, 4) is 0 Å². The molecule has 1 aromatic carbocycles. The van der Waals surface area contributed by atoms with Crippen molar-refractivity contribution in [3.05, 3.63) is 30.1 Å². The Morgan fingerprint density at radius 2 is 1.84 bits per heavy atom. The van der Waals surface area contributed by atoms with Crippen molar-refractivity contribution < 1.29 is 28.1 Å². The molecule has 5 rings (SSSR count). The summed E-state index contributed by atoms with van der Waals surface area (Å²) >= 11 is 5.48. The molecule has 0 bridgehead atoms. The Kier molecular flexibility index (Phi) is 5.69. The molecule has 3 saturated heterocycles. The van der Waals surface area contributed by atoms with Gasteiger partial charge in [0, 0.05) is 12.8 Å². The Balaban J connectivity index is 1.31. The van der Waals surface area contributed by atoms with E-state index in [4.69, 9.17) is 35.9 Å². The van der Waals surface area contributed by atoms with Crippen LogP contribution in [0.3, 0.4) is 0 Å². The Morgan fingerprint density at radius 1 is 1.06 bits per heavy atom. The highest BCUT2D eigenvalue weighted by atomic mass is 32.1. The van der Waals surface area contributed by atoms with Gasteiger partial charge in [0.2, 0.25) is 0 Å². The Labute approximate surface area is 186 Å². The van der Waals surface area contributed by atoms with Gasteiger partial charge in [-0.15, -0.1) is 0 Å². The van der Waals surface area contributed by atoms with Gasteiger partial charge in [0.25, 0.3) is 0 Å². The van der Waals surface area contributed by atoms with E-state index in [2.05, 4.69) is 10.6 Å². The lowest BCUT2D eigenvalue weighted by atomic mass is 9.94. The van der Waals surface area contributed by atoms with Crippen LogP contribution in [-0.4, -0.2) is 53.9 Å². The number of rotatable bonds is 3. The number of anilines is 1. The van der Waals surface area contributed by atoms with Crippen LogP contribution in [0.1, 0.15) is 46.0 Å². The topological polar surface area (TPSA) is 70.2 Å². The zero-order chi connectivity index (χ0) is 21.6. The second-order valence-electron chi connectivity index (χ2n) is 9.11. The molecule has 0 radical (unpaired) electrons. The largest absolute Gasteiger partial charge is 0.354 e. The predicted molar refractivity (Wildman–Crippen MR) is 115 cm³/mol. The zero-order valence-electron chi connectivity index (χ0n) is 17.8. The highest BCUT2D eigenvalue weighted by Crippen LogP contribution is 2.43. The molecule has 2 N–H and O–H groups in total. The van der Waals surface area contributed by atoms with Crippen LogP contribution in [0, 0.1) is 5.82 Å². The average molecular weight is 453 g/mol. The normalized spacial score (nSPS) is 35.8. The molecule has 1 aromatic rings. The molecule has 0 unspecified atom stereocenters. The van der Waals surface area contributed by atoms with Crippen LogP contribution in [0.4, 0.5) is 10.1 Å². The number of para-hydroxylation sites is 1. The third kappa shape index (κ3) is 4.31. The second-order valence-corrected chi connectivity index (χ2v) is 9.52. The molecule has 0 amide bonds. The molecule has 7 nitrogen and oxygen atoms in total. The Hall–Kier alpha value is -1.36. The highest BCUT2D eigenvalue weighted by Gasteiger charge is 2.59. The van der Waals surface area contributed by atoms with Crippen molar-refractivity contribution in [1.82, 2.24) is 5.32 Å². The first-order valence-electron chi connectivity index (χ1n) is 11.0. The minimum absolute atomic E-state index is 0.271. The van der Waals surface area contributed by atoms with Crippen LogP contribution in [0.5, 0.6) is 0 Å². The maximum atomic E-state index is 14.0. The van der Waals surface area contributed by atoms with Crippen molar-refractivity contribution in [1.29, 1.82) is 0 Å². The van der Waals surface area contributed by atoms with Crippen molar-refractivity contribution >= 4 is 23.0 Å². The highest BCUT2D eigenvalue weighted by molar-refractivity contribution is 7.80. The molecule has 1 saturated carbocycles. The fourth-order valence-electron chi connectivity index (χ4n) is 4.98. The Morgan fingerprint density at radius 3 is 2.61 bits per heavy atom. The van der Waals surface area contributed by atoms with E-state index in [-0.39, 0.29) is 35.3 Å². The van der Waals surface area contributed by atoms with Crippen molar-refractivity contribution in [2.75, 3.05) is 11.9 Å². The van der Waals surface area contributed by atoms with Crippen LogP contribution in [0.2, 0.25) is 0 Å². The molecular weight excluding hydrogens is 423 g/mol. The first-order valence-corrected chi connectivity index (χ1v) is 11.4. The van der Waals surface area contributed by atoms with Crippen LogP contribution in [0.15, 0.2) is 24.3 Å². The summed E-state index contributed by atoms with van der Waals surface area (Å²) in [5, 5.41) is 6.48. The lowest BCUT2D eigenvalue weighted by Crippen LogP contribution is -2.53. The maximum absolute atomic E-state index is 14.0. The van der Waals surface area contributed by atoms with E-state index < -0.39 is 17.9 Å². The monoisotopic (exact) mass is 452 g/mol. The molecule has 1 aliphatic carbocycles. The van der Waals surface area contributed by atoms with Gasteiger partial charge >= 0.3 is 0 Å². The van der Waals surface area contributed by atoms with Crippen LogP contribution >= 0.6 is 12.2 Å². The summed E-state index contributed by atoms with van der Waals surface area (Å²) in [5.74, 6) is -1.66. The SMILES string of the molecule is CC1(C)O[C@H]2O[C@H]([C@H]3COC4(CCCCC4)O3)[C@H](NC(=S)Nc3ccccc3F)[C@H]2O1. The van der Waals surface area contributed by atoms with E-state index in [1.165, 1.54) is 12.5 Å². The first kappa shape index (κ1) is 21.5. The standard InChI is InChI=1S/C22H29FN2O5S/c1-21(2)29-18-16(25-20(31)24-14-9-5-4-8-13(14)23)17(27-19(18)30-21)15-12-26-22(28-15)10-6-3-7-11-22/h4-5,8-9,15-19H,3,6-7,10-12H2,1-2H3,(H2,24,25,31)/t15-,16+,17-,18-,19-/m1/s1. The molecule has 4 aliphatic rings. The summed E-state index contributed by atoms with van der Waals surface area (Å²) in [5.41, 5.74) is 0.303. The van der Waals surface area contributed by atoms with Gasteiger partial charge in [-0.25, -0.2) is 4.39 Å². The quantitative estimate of drug-likeness (QED) is 0.676. The third-order valence-electron chi connectivity index (χ3n) is 6.37. The zero-order valence-corrected chi connectivity index (χ0v) is 18.6. The average Bonchev–Trinajstić information content (AvgIpc) is 3.36. The van der Waals surface area contributed by atoms with E-state index in [0.29, 0.717) is 12.3 Å². The van der Waals surface area contributed by atoms with Gasteiger partial charge in [-0.2, -0.15) is 0 Å². The van der Waals surface area contributed by atoms with Gasteiger partial charge < -0.3 is 34.3 Å². The van der Waals surface area contributed by atoms with Gasteiger partial charge in [-0.1, -0.05) is 18.6 Å². The summed E-state index contributed by atoms with van der Waals surface area (Å²) in [7, 11) is 0. The number of nitrogens with one attached hydrogen (secondary N) is 2. The van der Waals surface area contributed by atoms with Crippen molar-refractivity contribution in [3.63, 3.8) is 0 Å². The number of halogens is 1. The minimum Gasteiger partial charge on any atom is -0.354 e. The lowest BCUT2D eigenvalue weighted by molar-refractivity contribution is -0.231. The molecule has 3 aliphatic heterocycles. The smallest absolute Gasteiger partial charge is 0.189 e. The van der Waals surface area contributed by atoms with E-state index in [0.717, 1.165) is 25.7 Å². The maximum Gasteiger partial charge on any atom is 0.189 e. The summed E-state index contributed by atoms with van der Waals surface area (Å²) in [4.78, 5) is 0. The fourth-order valence-corrected chi connectivity index (χ4v) is 5.23. The molecule has 31 heavy (non-hydrogen) atoms. The van der Waals surface area contributed by atoms with Crippen LogP contribution in [0.25, 0.3) is 0 Å². The van der Waals surface area contributed by atoms with Gasteiger partial charge in [0.1, 0.15) is 24.1 Å². The van der Waals surface area contributed by atoms with E-state index >= 15 is 0 Å². The second kappa shape index (κ2) is 8.20. The van der Waals surface area contributed by atoms with Crippen molar-refractivity contribution in [2.45, 2.75) is 88.2 Å². The summed E-state index contributed by atoms with van der Waals surface area (Å²) in [6.45, 7) is 4.14. The van der Waals surface area contributed by atoms with Crippen LogP contribution in [-0.2, 0) is 23.7 Å². The molecule has 1 spiro atoms. The molecule has 3 heterocycles. The number of hydrogen-bond donors (Lipinski definition) is 2. The molecule has 0 aromatic heterocycles. The van der Waals surface area contributed by atoms with Crippen LogP contribution < -0.4 is 10.6 Å². The fraction of sp³-hybridized carbons (Fsp3) is 0.682. The molecule has 170 valence electrons. The van der Waals surface area contributed by atoms with Gasteiger partial charge in [-0.3, -0.25) is 0 Å². The van der Waals surface area contributed by atoms with E-state index in [1.807, 2.05) is 13.8 Å². The number of thiocarbonyl (C=S) groups is 1. The Bertz CT molecular complexity index is 834. The number of hydrogen-bond acceptors (Lipinski definition) is 6. The van der Waals surface area contributed by atoms with Crippen molar-refractivity contribution in [2.24, 2.45) is 0 Å². The molecule has 9 heteroatoms. The number of ether oxygens (including phenoxy) is 5. The summed E-state index contributed by atoms with van der Waals surface area (Å²) in [6.07, 6.45) is 3.63. The van der Waals surface area contributed by atoms with Gasteiger partial charge in [0.05, 0.1) is 18.3 Å². The van der Waals surface area contributed by atoms with Gasteiger partial charge in [-0.05, 0) is 51.0 Å². The summed E-state index contributed by atoms with van der Waals surface area (Å²) in [6, 6.07) is 6.05. The van der Waals surface area contributed by atoms with E-state index in [1.54, 1.807) is 18.2 Å². The lowest BCUT2D eigenvalue weighted by Gasteiger charge is -2.34. The van der Waals surface area contributed by atoms with Gasteiger partial charge in [0.15, 0.2) is 23.0 Å². The molecular formula is C22H29FN2O5S. The minimum atomic E-state index is -0.765. The molecule has 4 fully saturated rings. The third-order valence-corrected chi connectivity index (χ3v) is 6.59. The predicted octanol–water partition coefficient (Wildman–Crippen LogP) is 3.43. The number of fused-ring (bicyclic) bond motifs is 1. The number of benzene rings is 1. The summed E-state index contributed by atoms with van der Waals surface area (Å²) < 4.78 is 44.9. The first-order chi connectivity index (χ1) is 14.8.